The van der Waals surface area contributed by atoms with Gasteiger partial charge in [0, 0.05) is 0 Å². The summed E-state index contributed by atoms with van der Waals surface area (Å²) in [5.41, 5.74) is 2.62. The zero-order valence-electron chi connectivity index (χ0n) is 10.3. The quantitative estimate of drug-likeness (QED) is 0.803. The van der Waals surface area contributed by atoms with Crippen LogP contribution < -0.4 is 10.9 Å². The molecule has 1 aromatic heterocycles. The summed E-state index contributed by atoms with van der Waals surface area (Å²) < 4.78 is 0.614. The molecule has 19 heavy (non-hydrogen) atoms. The van der Waals surface area contributed by atoms with Gasteiger partial charge in [-0.3, -0.25) is 4.79 Å². The maximum absolute atomic E-state index is 11.6. The fourth-order valence-corrected chi connectivity index (χ4v) is 3.00. The highest BCUT2D eigenvalue weighted by Crippen LogP contribution is 2.32. The fourth-order valence-electron chi connectivity index (χ4n) is 2.55. The lowest BCUT2D eigenvalue weighted by atomic mass is 9.88. The molecule has 3 rings (SSSR count). The molecule has 0 spiro atoms. The Bertz CT molecular complexity index is 653. The number of halogens is 1. The Hall–Kier alpha value is -1.37. The molecule has 5 heteroatoms. The molecule has 1 heterocycles. The average Bonchev–Trinajstić information content (AvgIpc) is 2.44. The molecule has 1 aromatic carbocycles. The van der Waals surface area contributed by atoms with Crippen LogP contribution in [0, 0.1) is 3.57 Å². The number of nitrogens with zero attached hydrogens (tertiary/aromatic N) is 1. The van der Waals surface area contributed by atoms with E-state index in [-0.39, 0.29) is 11.6 Å². The normalized spacial score (nSPS) is 17.8. The summed E-state index contributed by atoms with van der Waals surface area (Å²) in [6.45, 7) is 0. The van der Waals surface area contributed by atoms with Gasteiger partial charge >= 0.3 is 0 Å². The van der Waals surface area contributed by atoms with E-state index in [1.165, 1.54) is 17.5 Å². The highest BCUT2D eigenvalue weighted by atomic mass is 127. The van der Waals surface area contributed by atoms with Gasteiger partial charge in [-0.05, 0) is 53.0 Å². The van der Waals surface area contributed by atoms with Crippen molar-refractivity contribution in [1.82, 2.24) is 9.97 Å². The number of aryl methyl sites for hydroxylation is 1. The van der Waals surface area contributed by atoms with Crippen LogP contribution >= 0.6 is 22.6 Å². The number of hydrogen-bond acceptors (Lipinski definition) is 3. The lowest BCUT2D eigenvalue weighted by molar-refractivity contribution is 0.598. The largest absolute Gasteiger partial charge is 0.362 e. The number of hydrogen-bond donors (Lipinski definition) is 2. The van der Waals surface area contributed by atoms with Crippen LogP contribution in [0.5, 0.6) is 0 Å². The first kappa shape index (κ1) is 12.7. The minimum absolute atomic E-state index is 0.0952. The van der Waals surface area contributed by atoms with Crippen LogP contribution in [0.3, 0.4) is 0 Å². The first-order valence-electron chi connectivity index (χ1n) is 6.33. The zero-order chi connectivity index (χ0) is 13.2. The van der Waals surface area contributed by atoms with Crippen LogP contribution in [0.15, 0.2) is 35.4 Å². The van der Waals surface area contributed by atoms with Gasteiger partial charge in [-0.2, -0.15) is 0 Å². The molecule has 0 amide bonds. The summed E-state index contributed by atoms with van der Waals surface area (Å²) in [7, 11) is 0. The maximum Gasteiger partial charge on any atom is 0.266 e. The van der Waals surface area contributed by atoms with Gasteiger partial charge in [0.05, 0.1) is 12.4 Å². The second-order valence-corrected chi connectivity index (χ2v) is 5.76. The highest BCUT2D eigenvalue weighted by Gasteiger charge is 2.20. The molecule has 98 valence electrons. The van der Waals surface area contributed by atoms with E-state index < -0.39 is 0 Å². The van der Waals surface area contributed by atoms with Crippen molar-refractivity contribution in [2.45, 2.75) is 25.3 Å². The predicted molar refractivity (Wildman–Crippen MR) is 83.3 cm³/mol. The van der Waals surface area contributed by atoms with E-state index in [1.54, 1.807) is 0 Å². The zero-order valence-corrected chi connectivity index (χ0v) is 12.5. The topological polar surface area (TPSA) is 57.8 Å². The maximum atomic E-state index is 11.6. The van der Waals surface area contributed by atoms with E-state index >= 15 is 0 Å². The Kier molecular flexibility index (Phi) is 3.54. The standard InChI is InChI=1S/C14H14IN3O/c15-12-13(16-8-17-14(12)19)18-11-7-3-5-9-4-1-2-6-10(9)11/h1-2,4,6,8,11H,3,5,7H2,(H2,16,17,18,19). The monoisotopic (exact) mass is 367 g/mol. The van der Waals surface area contributed by atoms with Crippen molar-refractivity contribution in [2.24, 2.45) is 0 Å². The minimum Gasteiger partial charge on any atom is -0.362 e. The van der Waals surface area contributed by atoms with Crippen molar-refractivity contribution in [1.29, 1.82) is 0 Å². The van der Waals surface area contributed by atoms with Crippen molar-refractivity contribution >= 4 is 28.4 Å². The summed E-state index contributed by atoms with van der Waals surface area (Å²) in [4.78, 5) is 18.4. The van der Waals surface area contributed by atoms with Crippen molar-refractivity contribution in [3.8, 4) is 0 Å². The van der Waals surface area contributed by atoms with E-state index in [0.29, 0.717) is 9.39 Å². The first-order valence-corrected chi connectivity index (χ1v) is 7.41. The number of aromatic nitrogens is 2. The molecule has 0 saturated heterocycles. The second-order valence-electron chi connectivity index (χ2n) is 4.68. The Balaban J connectivity index is 1.93. The number of H-pyrrole nitrogens is 1. The van der Waals surface area contributed by atoms with E-state index in [1.807, 2.05) is 22.6 Å². The van der Waals surface area contributed by atoms with Gasteiger partial charge in [0.25, 0.3) is 5.56 Å². The number of anilines is 1. The summed E-state index contributed by atoms with van der Waals surface area (Å²) in [6, 6.07) is 8.73. The summed E-state index contributed by atoms with van der Waals surface area (Å²) in [5, 5.41) is 3.41. The summed E-state index contributed by atoms with van der Waals surface area (Å²) in [6.07, 6.45) is 4.81. The van der Waals surface area contributed by atoms with Crippen LogP contribution in [0.2, 0.25) is 0 Å². The van der Waals surface area contributed by atoms with Gasteiger partial charge in [-0.25, -0.2) is 4.98 Å². The average molecular weight is 367 g/mol. The van der Waals surface area contributed by atoms with Gasteiger partial charge in [0.1, 0.15) is 9.39 Å². The predicted octanol–water partition coefficient (Wildman–Crippen LogP) is 2.86. The van der Waals surface area contributed by atoms with Crippen molar-refractivity contribution in [3.05, 3.63) is 55.6 Å². The van der Waals surface area contributed by atoms with Crippen molar-refractivity contribution < 1.29 is 0 Å². The number of benzene rings is 1. The van der Waals surface area contributed by atoms with Crippen molar-refractivity contribution in [3.63, 3.8) is 0 Å². The smallest absolute Gasteiger partial charge is 0.266 e. The third-order valence-corrected chi connectivity index (χ3v) is 4.48. The first-order chi connectivity index (χ1) is 9.25. The molecule has 1 atom stereocenters. The third kappa shape index (κ3) is 2.51. The fraction of sp³-hybridized carbons (Fsp3) is 0.286. The molecule has 0 saturated carbocycles. The second kappa shape index (κ2) is 5.32. The molecule has 2 aromatic rings. The van der Waals surface area contributed by atoms with E-state index in [9.17, 15) is 4.79 Å². The molecule has 1 aliphatic carbocycles. The Morgan fingerprint density at radius 1 is 1.37 bits per heavy atom. The number of fused-ring (bicyclic) bond motifs is 1. The van der Waals surface area contributed by atoms with Gasteiger partial charge in [0.15, 0.2) is 0 Å². The third-order valence-electron chi connectivity index (χ3n) is 3.48. The Morgan fingerprint density at radius 2 is 2.21 bits per heavy atom. The van der Waals surface area contributed by atoms with Crippen molar-refractivity contribution in [2.75, 3.05) is 5.32 Å². The molecule has 0 bridgehead atoms. The number of aromatic amines is 1. The van der Waals surface area contributed by atoms with Gasteiger partial charge in [-0.1, -0.05) is 24.3 Å². The lowest BCUT2D eigenvalue weighted by Gasteiger charge is -2.26. The minimum atomic E-state index is -0.0952. The van der Waals surface area contributed by atoms with Crippen LogP contribution in [0.1, 0.15) is 30.0 Å². The van der Waals surface area contributed by atoms with Crippen LogP contribution in [0.4, 0.5) is 5.82 Å². The van der Waals surface area contributed by atoms with Gasteiger partial charge in [-0.15, -0.1) is 0 Å². The molecule has 0 aliphatic heterocycles. The molecular weight excluding hydrogens is 353 g/mol. The van der Waals surface area contributed by atoms with Crippen LogP contribution in [-0.4, -0.2) is 9.97 Å². The van der Waals surface area contributed by atoms with Crippen LogP contribution in [0.25, 0.3) is 0 Å². The number of rotatable bonds is 2. The Labute approximate surface area is 124 Å². The lowest BCUT2D eigenvalue weighted by Crippen LogP contribution is -2.21. The summed E-state index contributed by atoms with van der Waals surface area (Å²) in [5.74, 6) is 0.672. The molecule has 1 unspecified atom stereocenters. The molecule has 0 fully saturated rings. The highest BCUT2D eigenvalue weighted by molar-refractivity contribution is 14.1. The molecule has 1 aliphatic rings. The molecule has 2 N–H and O–H groups in total. The molecule has 0 radical (unpaired) electrons. The van der Waals surface area contributed by atoms with Gasteiger partial charge in [0.2, 0.25) is 0 Å². The SMILES string of the molecule is O=c1[nH]cnc(NC2CCCc3ccccc32)c1I. The van der Waals surface area contributed by atoms with Gasteiger partial charge < -0.3 is 10.3 Å². The summed E-state index contributed by atoms with van der Waals surface area (Å²) >= 11 is 2.03. The van der Waals surface area contributed by atoms with E-state index in [2.05, 4.69) is 39.6 Å². The van der Waals surface area contributed by atoms with E-state index in [4.69, 9.17) is 0 Å². The van der Waals surface area contributed by atoms with E-state index in [0.717, 1.165) is 19.3 Å². The van der Waals surface area contributed by atoms with Crippen LogP contribution in [-0.2, 0) is 6.42 Å². The molecule has 4 nitrogen and oxygen atoms in total. The molecular formula is C14H14IN3O. The Morgan fingerprint density at radius 3 is 3.11 bits per heavy atom. The number of nitrogens with one attached hydrogen (secondary N) is 2.